The Kier molecular flexibility index (Phi) is 8.14. The lowest BCUT2D eigenvalue weighted by molar-refractivity contribution is 0.0168. The number of piperazine rings is 1. The summed E-state index contributed by atoms with van der Waals surface area (Å²) in [5.41, 5.74) is 6.25. The van der Waals surface area contributed by atoms with E-state index in [0.29, 0.717) is 48.0 Å². The second-order valence-corrected chi connectivity index (χ2v) is 8.91. The van der Waals surface area contributed by atoms with Gasteiger partial charge in [0.1, 0.15) is 23.1 Å². The Hall–Kier alpha value is -2.26. The molecule has 0 atom stereocenters. The number of anilines is 1. The standard InChI is InChI=1S/C20H26BrClFN5O2/c1-13(26-14-5-6-17(23)16(22)11-14)25-12-15(21)18(24)27-7-9-28(10-8-27)19(29)30-20(2,3)4/h5-6,11-12,26H,1,7-10,24H2,2-4H3/b18-15-,25-12-. The number of nitrogens with one attached hydrogen (secondary N) is 1. The molecule has 1 aromatic rings. The van der Waals surface area contributed by atoms with Gasteiger partial charge in [-0.25, -0.2) is 14.2 Å². The predicted molar refractivity (Wildman–Crippen MR) is 122 cm³/mol. The van der Waals surface area contributed by atoms with Crippen LogP contribution in [0.4, 0.5) is 14.9 Å². The summed E-state index contributed by atoms with van der Waals surface area (Å²) in [5.74, 6) is 0.332. The summed E-state index contributed by atoms with van der Waals surface area (Å²) >= 11 is 9.18. The van der Waals surface area contributed by atoms with Crippen LogP contribution in [0.15, 0.2) is 45.9 Å². The third kappa shape index (κ3) is 7.21. The van der Waals surface area contributed by atoms with E-state index in [0.717, 1.165) is 0 Å². The zero-order valence-corrected chi connectivity index (χ0v) is 19.6. The average Bonchev–Trinajstić information content (AvgIpc) is 2.67. The molecule has 164 valence electrons. The molecule has 0 aromatic heterocycles. The van der Waals surface area contributed by atoms with Crippen molar-refractivity contribution in [3.05, 3.63) is 51.7 Å². The van der Waals surface area contributed by atoms with Gasteiger partial charge in [0.25, 0.3) is 0 Å². The third-order valence-electron chi connectivity index (χ3n) is 4.06. The number of carbonyl (C=O) groups is 1. The number of benzene rings is 1. The lowest BCUT2D eigenvalue weighted by atomic mass is 10.2. The first kappa shape index (κ1) is 24.0. The van der Waals surface area contributed by atoms with Gasteiger partial charge in [-0.05, 0) is 54.9 Å². The largest absolute Gasteiger partial charge is 0.444 e. The number of nitrogens with two attached hydrogens (primary N) is 1. The number of rotatable bonds is 5. The molecule has 1 aromatic carbocycles. The molecule has 1 amide bonds. The zero-order valence-electron chi connectivity index (χ0n) is 17.2. The molecule has 0 bridgehead atoms. The number of hydrogen-bond donors (Lipinski definition) is 2. The van der Waals surface area contributed by atoms with Crippen LogP contribution < -0.4 is 11.1 Å². The molecule has 2 rings (SSSR count). The van der Waals surface area contributed by atoms with Gasteiger partial charge < -0.3 is 25.6 Å². The highest BCUT2D eigenvalue weighted by molar-refractivity contribution is 9.12. The minimum absolute atomic E-state index is 0.00706. The van der Waals surface area contributed by atoms with Gasteiger partial charge in [-0.1, -0.05) is 18.2 Å². The third-order valence-corrected chi connectivity index (χ3v) is 4.96. The molecule has 30 heavy (non-hydrogen) atoms. The Balaban J connectivity index is 1.91. The number of halogens is 3. The highest BCUT2D eigenvalue weighted by atomic mass is 79.9. The molecule has 0 spiro atoms. The normalized spacial score (nSPS) is 15.8. The number of allylic oxidation sites excluding steroid dienone is 1. The second kappa shape index (κ2) is 10.2. The van der Waals surface area contributed by atoms with Crippen LogP contribution in [0.5, 0.6) is 0 Å². The Bertz CT molecular complexity index is 861. The van der Waals surface area contributed by atoms with Crippen molar-refractivity contribution in [1.82, 2.24) is 9.80 Å². The number of nitrogens with zero attached hydrogens (tertiary/aromatic N) is 3. The number of ether oxygens (including phenoxy) is 1. The van der Waals surface area contributed by atoms with Crippen LogP contribution in [-0.4, -0.2) is 53.9 Å². The predicted octanol–water partition coefficient (Wildman–Crippen LogP) is 4.51. The van der Waals surface area contributed by atoms with Crippen LogP contribution in [-0.2, 0) is 4.74 Å². The van der Waals surface area contributed by atoms with Crippen LogP contribution in [0.25, 0.3) is 0 Å². The SMILES string of the molecule is C=C(/N=C\C(Br)=C(/N)N1CCN(C(=O)OC(C)(C)C)CC1)Nc1ccc(F)c(Cl)c1. The van der Waals surface area contributed by atoms with Gasteiger partial charge in [-0.15, -0.1) is 0 Å². The molecule has 7 nitrogen and oxygen atoms in total. The Labute approximate surface area is 189 Å². The molecule has 0 unspecified atom stereocenters. The average molecular weight is 503 g/mol. The molecule has 1 aliphatic heterocycles. The van der Waals surface area contributed by atoms with Crippen LogP contribution >= 0.6 is 27.5 Å². The van der Waals surface area contributed by atoms with Gasteiger partial charge in [-0.3, -0.25) is 0 Å². The quantitative estimate of drug-likeness (QED) is 0.579. The van der Waals surface area contributed by atoms with Crippen molar-refractivity contribution in [2.24, 2.45) is 10.7 Å². The number of aliphatic imine (C=N–C) groups is 1. The number of carbonyl (C=O) groups excluding carboxylic acids is 1. The van der Waals surface area contributed by atoms with Crippen molar-refractivity contribution < 1.29 is 13.9 Å². The first-order valence-electron chi connectivity index (χ1n) is 9.29. The van der Waals surface area contributed by atoms with Crippen LogP contribution in [0.3, 0.4) is 0 Å². The molecule has 3 N–H and O–H groups in total. The monoisotopic (exact) mass is 501 g/mol. The number of amides is 1. The Morgan fingerprint density at radius 2 is 1.93 bits per heavy atom. The van der Waals surface area contributed by atoms with Crippen molar-refractivity contribution >= 4 is 45.5 Å². The first-order valence-corrected chi connectivity index (χ1v) is 10.5. The summed E-state index contributed by atoms with van der Waals surface area (Å²) in [5, 5.41) is 2.93. The zero-order chi connectivity index (χ0) is 22.5. The lowest BCUT2D eigenvalue weighted by Gasteiger charge is -2.36. The van der Waals surface area contributed by atoms with Crippen LogP contribution in [0.2, 0.25) is 5.02 Å². The highest BCUT2D eigenvalue weighted by Gasteiger charge is 2.26. The summed E-state index contributed by atoms with van der Waals surface area (Å²) in [6.45, 7) is 11.5. The smallest absolute Gasteiger partial charge is 0.410 e. The van der Waals surface area contributed by atoms with E-state index in [4.69, 9.17) is 22.1 Å². The molecule has 1 aliphatic rings. The van der Waals surface area contributed by atoms with E-state index >= 15 is 0 Å². The lowest BCUT2D eigenvalue weighted by Crippen LogP contribution is -2.50. The van der Waals surface area contributed by atoms with Gasteiger partial charge in [0.05, 0.1) is 9.51 Å². The maximum atomic E-state index is 13.2. The number of hydrogen-bond acceptors (Lipinski definition) is 6. The topological polar surface area (TPSA) is 83.2 Å². The van der Waals surface area contributed by atoms with Crippen LogP contribution in [0, 0.1) is 5.82 Å². The minimum Gasteiger partial charge on any atom is -0.444 e. The van der Waals surface area contributed by atoms with E-state index < -0.39 is 11.4 Å². The van der Waals surface area contributed by atoms with E-state index in [2.05, 4.69) is 32.8 Å². The van der Waals surface area contributed by atoms with E-state index in [1.807, 2.05) is 25.7 Å². The molecule has 0 radical (unpaired) electrons. The molecular formula is C20H26BrClFN5O2. The van der Waals surface area contributed by atoms with Crippen molar-refractivity contribution in [2.45, 2.75) is 26.4 Å². The fourth-order valence-corrected chi connectivity index (χ4v) is 3.11. The molecule has 1 fully saturated rings. The first-order chi connectivity index (χ1) is 14.0. The second-order valence-electron chi connectivity index (χ2n) is 7.65. The van der Waals surface area contributed by atoms with E-state index in [1.54, 1.807) is 4.90 Å². The summed E-state index contributed by atoms with van der Waals surface area (Å²) in [6.07, 6.45) is 1.20. The van der Waals surface area contributed by atoms with Crippen LogP contribution in [0.1, 0.15) is 20.8 Å². The molecule has 0 saturated carbocycles. The fourth-order valence-electron chi connectivity index (χ4n) is 2.58. The maximum absolute atomic E-state index is 13.2. The maximum Gasteiger partial charge on any atom is 0.410 e. The molecule has 10 heteroatoms. The molecule has 1 heterocycles. The van der Waals surface area contributed by atoms with E-state index in [9.17, 15) is 9.18 Å². The molecule has 1 saturated heterocycles. The van der Waals surface area contributed by atoms with Crippen molar-refractivity contribution in [3.63, 3.8) is 0 Å². The Morgan fingerprint density at radius 1 is 1.33 bits per heavy atom. The summed E-state index contributed by atoms with van der Waals surface area (Å²) < 4.78 is 19.2. The van der Waals surface area contributed by atoms with E-state index in [-0.39, 0.29) is 11.1 Å². The minimum atomic E-state index is -0.525. The van der Waals surface area contributed by atoms with Gasteiger partial charge >= 0.3 is 6.09 Å². The summed E-state index contributed by atoms with van der Waals surface area (Å²) in [6, 6.07) is 4.23. The van der Waals surface area contributed by atoms with Crippen molar-refractivity contribution in [2.75, 3.05) is 31.5 Å². The Morgan fingerprint density at radius 3 is 2.50 bits per heavy atom. The van der Waals surface area contributed by atoms with Crippen molar-refractivity contribution in [3.8, 4) is 0 Å². The fraction of sp³-hybridized carbons (Fsp3) is 0.400. The highest BCUT2D eigenvalue weighted by Crippen LogP contribution is 2.21. The van der Waals surface area contributed by atoms with Gasteiger partial charge in [-0.2, -0.15) is 0 Å². The van der Waals surface area contributed by atoms with Gasteiger partial charge in [0.15, 0.2) is 0 Å². The molecular weight excluding hydrogens is 477 g/mol. The van der Waals surface area contributed by atoms with E-state index in [1.165, 1.54) is 24.4 Å². The van der Waals surface area contributed by atoms with Crippen molar-refractivity contribution in [1.29, 1.82) is 0 Å². The van der Waals surface area contributed by atoms with Gasteiger partial charge in [0.2, 0.25) is 0 Å². The summed E-state index contributed by atoms with van der Waals surface area (Å²) in [4.78, 5) is 20.0. The molecule has 0 aliphatic carbocycles. The van der Waals surface area contributed by atoms with Gasteiger partial charge in [0, 0.05) is 38.1 Å². The summed E-state index contributed by atoms with van der Waals surface area (Å²) in [7, 11) is 0.